The molecule has 1 amide bonds. The van der Waals surface area contributed by atoms with Crippen molar-refractivity contribution in [3.05, 3.63) is 22.1 Å². The van der Waals surface area contributed by atoms with Crippen molar-refractivity contribution in [2.45, 2.75) is 26.9 Å². The van der Waals surface area contributed by atoms with E-state index >= 15 is 0 Å². The summed E-state index contributed by atoms with van der Waals surface area (Å²) in [6, 6.07) is 1.34. The monoisotopic (exact) mass is 267 g/mol. The van der Waals surface area contributed by atoms with Crippen LogP contribution in [0.25, 0.3) is 0 Å². The summed E-state index contributed by atoms with van der Waals surface area (Å²) < 4.78 is 7.02. The van der Waals surface area contributed by atoms with Gasteiger partial charge in [0.2, 0.25) is 0 Å². The molecule has 1 fully saturated rings. The summed E-state index contributed by atoms with van der Waals surface area (Å²) in [6.45, 7) is 7.93. The summed E-state index contributed by atoms with van der Waals surface area (Å²) in [5, 5.41) is 2.77. The normalized spacial score (nSPS) is 20.6. The predicted molar refractivity (Wildman–Crippen MR) is 71.1 cm³/mol. The molecule has 1 saturated heterocycles. The summed E-state index contributed by atoms with van der Waals surface area (Å²) in [6.07, 6.45) is 0.0145. The molecule has 2 rings (SSSR count). The molecule has 0 aliphatic carbocycles. The highest BCUT2D eigenvalue weighted by Crippen LogP contribution is 2.25. The van der Waals surface area contributed by atoms with Crippen molar-refractivity contribution < 1.29 is 9.53 Å². The van der Waals surface area contributed by atoms with E-state index in [4.69, 9.17) is 4.74 Å². The number of H-pyrrole nitrogens is 1. The Morgan fingerprint density at radius 2 is 2.16 bits per heavy atom. The average molecular weight is 267 g/mol. The Bertz CT molecular complexity index is 524. The summed E-state index contributed by atoms with van der Waals surface area (Å²) in [5.74, 6) is -0.143. The minimum atomic E-state index is -0.205. The first-order valence-electron chi connectivity index (χ1n) is 6.46. The van der Waals surface area contributed by atoms with Crippen molar-refractivity contribution in [2.75, 3.05) is 19.7 Å². The number of rotatable bonds is 1. The number of aryl methyl sites for hydroxylation is 1. The fraction of sp³-hybridized carbons (Fsp3) is 0.692. The molecule has 1 atom stereocenters. The molecule has 1 aromatic rings. The number of aromatic amines is 1. The highest BCUT2D eigenvalue weighted by Gasteiger charge is 2.33. The van der Waals surface area contributed by atoms with Gasteiger partial charge in [0, 0.05) is 26.2 Å². The zero-order valence-electron chi connectivity index (χ0n) is 11.9. The second kappa shape index (κ2) is 4.85. The lowest BCUT2D eigenvalue weighted by molar-refractivity contribution is -0.0707. The summed E-state index contributed by atoms with van der Waals surface area (Å²) in [7, 11) is 1.59. The van der Waals surface area contributed by atoms with Crippen LogP contribution in [0, 0.1) is 5.41 Å². The van der Waals surface area contributed by atoms with Gasteiger partial charge in [0.25, 0.3) is 11.5 Å². The largest absolute Gasteiger partial charge is 0.374 e. The lowest BCUT2D eigenvalue weighted by Gasteiger charge is -2.39. The molecule has 0 spiro atoms. The number of nitrogens with one attached hydrogen (secondary N) is 1. The second-order valence-corrected chi connectivity index (χ2v) is 6.04. The summed E-state index contributed by atoms with van der Waals surface area (Å²) in [4.78, 5) is 25.5. The molecule has 1 N–H and O–H groups in total. The average Bonchev–Trinajstić information content (AvgIpc) is 2.68. The third-order valence-electron chi connectivity index (χ3n) is 3.44. The molecule has 1 aromatic heterocycles. The van der Waals surface area contributed by atoms with Gasteiger partial charge >= 0.3 is 0 Å². The molecule has 0 aromatic carbocycles. The van der Waals surface area contributed by atoms with Crippen LogP contribution in [0.2, 0.25) is 0 Å². The van der Waals surface area contributed by atoms with Gasteiger partial charge in [0.15, 0.2) is 0 Å². The molecule has 0 unspecified atom stereocenters. The van der Waals surface area contributed by atoms with Gasteiger partial charge in [-0.05, 0) is 5.41 Å². The van der Waals surface area contributed by atoms with Crippen LogP contribution in [0.15, 0.2) is 10.9 Å². The lowest BCUT2D eigenvalue weighted by Crippen LogP contribution is -2.50. The number of nitrogens with zero attached hydrogens (tertiary/aromatic N) is 2. The Balaban J connectivity index is 2.13. The van der Waals surface area contributed by atoms with Gasteiger partial charge in [-0.15, -0.1) is 0 Å². The van der Waals surface area contributed by atoms with E-state index in [9.17, 15) is 9.59 Å². The zero-order chi connectivity index (χ0) is 14.2. The zero-order valence-corrected chi connectivity index (χ0v) is 11.9. The van der Waals surface area contributed by atoms with Crippen LogP contribution >= 0.6 is 0 Å². The molecule has 0 saturated carbocycles. The van der Waals surface area contributed by atoms with E-state index in [0.717, 1.165) is 0 Å². The Hall–Kier alpha value is -1.56. The standard InChI is InChI=1S/C13H21N3O3/c1-13(2,3)10-8-16(5-6-19-10)12(18)9-7-11(17)15(4)14-9/h7,10,14H,5-6,8H2,1-4H3/t10-/m0/s1. The number of morpholine rings is 1. The van der Waals surface area contributed by atoms with E-state index < -0.39 is 0 Å². The molecular weight excluding hydrogens is 246 g/mol. The van der Waals surface area contributed by atoms with Crippen molar-refractivity contribution in [3.8, 4) is 0 Å². The van der Waals surface area contributed by atoms with Gasteiger partial charge in [-0.2, -0.15) is 0 Å². The molecule has 0 bridgehead atoms. The molecule has 1 aliphatic heterocycles. The predicted octanol–water partition coefficient (Wildman–Crippen LogP) is 0.600. The maximum absolute atomic E-state index is 12.3. The maximum atomic E-state index is 12.3. The van der Waals surface area contributed by atoms with E-state index in [2.05, 4.69) is 25.9 Å². The number of ether oxygens (including phenoxy) is 1. The van der Waals surface area contributed by atoms with Crippen molar-refractivity contribution in [3.63, 3.8) is 0 Å². The van der Waals surface area contributed by atoms with Crippen molar-refractivity contribution in [2.24, 2.45) is 12.5 Å². The minimum Gasteiger partial charge on any atom is -0.374 e. The van der Waals surface area contributed by atoms with Gasteiger partial charge < -0.3 is 9.64 Å². The first-order chi connectivity index (χ1) is 8.79. The third-order valence-corrected chi connectivity index (χ3v) is 3.44. The van der Waals surface area contributed by atoms with Crippen molar-refractivity contribution in [1.29, 1.82) is 0 Å². The van der Waals surface area contributed by atoms with E-state index in [1.165, 1.54) is 10.7 Å². The summed E-state index contributed by atoms with van der Waals surface area (Å²) in [5.41, 5.74) is 0.120. The van der Waals surface area contributed by atoms with Crippen molar-refractivity contribution >= 4 is 5.91 Å². The number of carbonyl (C=O) groups is 1. The van der Waals surface area contributed by atoms with Crippen LogP contribution < -0.4 is 5.56 Å². The van der Waals surface area contributed by atoms with Gasteiger partial charge in [-0.1, -0.05) is 20.8 Å². The van der Waals surface area contributed by atoms with E-state index in [0.29, 0.717) is 25.4 Å². The van der Waals surface area contributed by atoms with Crippen LogP contribution in [0.4, 0.5) is 0 Å². The summed E-state index contributed by atoms with van der Waals surface area (Å²) >= 11 is 0. The van der Waals surface area contributed by atoms with Gasteiger partial charge in [0.05, 0.1) is 12.7 Å². The topological polar surface area (TPSA) is 67.3 Å². The fourth-order valence-electron chi connectivity index (χ4n) is 2.13. The molecule has 1 aliphatic rings. The van der Waals surface area contributed by atoms with Crippen LogP contribution in [0.5, 0.6) is 0 Å². The Morgan fingerprint density at radius 1 is 1.47 bits per heavy atom. The van der Waals surface area contributed by atoms with Gasteiger partial charge in [-0.25, -0.2) is 0 Å². The number of hydrogen-bond donors (Lipinski definition) is 1. The second-order valence-electron chi connectivity index (χ2n) is 6.04. The van der Waals surface area contributed by atoms with Gasteiger partial charge in [0.1, 0.15) is 5.69 Å². The number of aromatic nitrogens is 2. The Morgan fingerprint density at radius 3 is 2.68 bits per heavy atom. The number of carbonyl (C=O) groups excluding carboxylic acids is 1. The molecule has 6 nitrogen and oxygen atoms in total. The first-order valence-corrected chi connectivity index (χ1v) is 6.46. The van der Waals surface area contributed by atoms with E-state index in [1.54, 1.807) is 11.9 Å². The lowest BCUT2D eigenvalue weighted by atomic mass is 9.88. The maximum Gasteiger partial charge on any atom is 0.272 e. The van der Waals surface area contributed by atoms with Crippen LogP contribution in [0.3, 0.4) is 0 Å². The molecule has 106 valence electrons. The number of hydrogen-bond acceptors (Lipinski definition) is 3. The molecular formula is C13H21N3O3. The van der Waals surface area contributed by atoms with Crippen LogP contribution in [-0.2, 0) is 11.8 Å². The third kappa shape index (κ3) is 2.89. The minimum absolute atomic E-state index is 0.0109. The first kappa shape index (κ1) is 13.9. The fourth-order valence-corrected chi connectivity index (χ4v) is 2.13. The SMILES string of the molecule is Cn1[nH]c(C(=O)N2CCO[C@H](C(C)(C)C)C2)cc1=O. The smallest absolute Gasteiger partial charge is 0.272 e. The quantitative estimate of drug-likeness (QED) is 0.810. The van der Waals surface area contributed by atoms with Crippen molar-refractivity contribution in [1.82, 2.24) is 14.7 Å². The van der Waals surface area contributed by atoms with Crippen LogP contribution in [0.1, 0.15) is 31.3 Å². The molecule has 19 heavy (non-hydrogen) atoms. The van der Waals surface area contributed by atoms with E-state index in [-0.39, 0.29) is 23.0 Å². The molecule has 0 radical (unpaired) electrons. The Kier molecular flexibility index (Phi) is 3.54. The van der Waals surface area contributed by atoms with E-state index in [1.807, 2.05) is 0 Å². The van der Waals surface area contributed by atoms with Crippen LogP contribution in [-0.4, -0.2) is 46.4 Å². The highest BCUT2D eigenvalue weighted by atomic mass is 16.5. The highest BCUT2D eigenvalue weighted by molar-refractivity contribution is 5.92. The van der Waals surface area contributed by atoms with Gasteiger partial charge in [-0.3, -0.25) is 19.4 Å². The molecule has 6 heteroatoms. The Labute approximate surface area is 112 Å². The number of amides is 1. The molecule has 2 heterocycles.